The lowest BCUT2D eigenvalue weighted by Gasteiger charge is -2.09. The van der Waals surface area contributed by atoms with Crippen LogP contribution in [0.25, 0.3) is 0 Å². The molecule has 0 aliphatic rings. The second-order valence-electron chi connectivity index (χ2n) is 4.21. The third kappa shape index (κ3) is 4.18. The minimum absolute atomic E-state index is 0.0405. The van der Waals surface area contributed by atoms with Crippen molar-refractivity contribution in [3.05, 3.63) is 66.6 Å². The minimum Gasteiger partial charge on any atom is -0.489 e. The lowest BCUT2D eigenvalue weighted by molar-refractivity contribution is -0.384. The summed E-state index contributed by atoms with van der Waals surface area (Å²) < 4.78 is 7.27. The van der Waals surface area contributed by atoms with Crippen LogP contribution in [0.4, 0.5) is 5.69 Å². The summed E-state index contributed by atoms with van der Waals surface area (Å²) in [7, 11) is 0. The van der Waals surface area contributed by atoms with E-state index in [4.69, 9.17) is 16.3 Å². The molecule has 0 unspecified atom stereocenters. The average Bonchev–Trinajstić information content (AvgIpc) is 2.47. The fourth-order valence-corrected chi connectivity index (χ4v) is 2.92. The van der Waals surface area contributed by atoms with Gasteiger partial charge in [0, 0.05) is 32.5 Å². The molecule has 0 fully saturated rings. The molecule has 110 valence electrons. The number of nitro benzene ring substituents is 1. The molecule has 0 bridgehead atoms. The molecule has 7 heteroatoms. The monoisotopic (exact) mass is 433 g/mol. The molecule has 0 aliphatic heterocycles. The molecule has 0 saturated heterocycles. The smallest absolute Gasteiger partial charge is 0.270 e. The molecule has 0 radical (unpaired) electrons. The summed E-state index contributed by atoms with van der Waals surface area (Å²) in [5.74, 6) is 1.08. The van der Waals surface area contributed by atoms with E-state index in [2.05, 4.69) is 31.9 Å². The Morgan fingerprint density at radius 3 is 2.48 bits per heavy atom. The average molecular weight is 435 g/mol. The summed E-state index contributed by atoms with van der Waals surface area (Å²) in [5.41, 5.74) is 1.81. The normalized spacial score (nSPS) is 10.4. The number of benzene rings is 2. The summed E-state index contributed by atoms with van der Waals surface area (Å²) >= 11 is 12.6. The van der Waals surface area contributed by atoms with Gasteiger partial charge in [0.2, 0.25) is 0 Å². The van der Waals surface area contributed by atoms with Crippen LogP contribution in [0.15, 0.2) is 45.3 Å². The summed E-state index contributed by atoms with van der Waals surface area (Å²) in [6.45, 7) is 0.307. The Morgan fingerprint density at radius 2 is 1.86 bits per heavy atom. The Bertz CT molecular complexity index is 679. The third-order valence-electron chi connectivity index (χ3n) is 2.80. The zero-order chi connectivity index (χ0) is 15.4. The Kier molecular flexibility index (Phi) is 5.61. The highest BCUT2D eigenvalue weighted by molar-refractivity contribution is 9.10. The maximum atomic E-state index is 10.7. The number of halogens is 3. The van der Waals surface area contributed by atoms with Gasteiger partial charge >= 0.3 is 0 Å². The Hall–Kier alpha value is -1.11. The molecule has 2 rings (SSSR count). The quantitative estimate of drug-likeness (QED) is 0.357. The fourth-order valence-electron chi connectivity index (χ4n) is 1.67. The first-order valence-corrected chi connectivity index (χ1v) is 8.03. The van der Waals surface area contributed by atoms with Gasteiger partial charge in [0.05, 0.1) is 4.92 Å². The van der Waals surface area contributed by atoms with Crippen LogP contribution in [-0.4, -0.2) is 4.92 Å². The molecule has 4 nitrogen and oxygen atoms in total. The van der Waals surface area contributed by atoms with Gasteiger partial charge in [-0.15, -0.1) is 11.6 Å². The van der Waals surface area contributed by atoms with Gasteiger partial charge in [-0.3, -0.25) is 10.1 Å². The summed E-state index contributed by atoms with van der Waals surface area (Å²) in [4.78, 5) is 10.2. The van der Waals surface area contributed by atoms with Crippen molar-refractivity contribution in [2.45, 2.75) is 12.5 Å². The predicted molar refractivity (Wildman–Crippen MR) is 88.8 cm³/mol. The van der Waals surface area contributed by atoms with Gasteiger partial charge in [-0.2, -0.15) is 0 Å². The summed E-state index contributed by atoms with van der Waals surface area (Å²) in [6, 6.07) is 10.1. The van der Waals surface area contributed by atoms with Gasteiger partial charge in [0.15, 0.2) is 0 Å². The molecular formula is C14H10Br2ClNO3. The van der Waals surface area contributed by atoms with Crippen LogP contribution >= 0.6 is 43.5 Å². The molecule has 0 atom stereocenters. The third-order valence-corrected chi connectivity index (χ3v) is 4.60. The van der Waals surface area contributed by atoms with Crippen LogP contribution in [0, 0.1) is 10.1 Å². The predicted octanol–water partition coefficient (Wildman–Crippen LogP) is 5.44. The number of hydrogen-bond donors (Lipinski definition) is 0. The molecular weight excluding hydrogens is 425 g/mol. The van der Waals surface area contributed by atoms with E-state index in [0.29, 0.717) is 22.7 Å². The van der Waals surface area contributed by atoms with E-state index >= 15 is 0 Å². The molecule has 21 heavy (non-hydrogen) atoms. The van der Waals surface area contributed by atoms with Gasteiger partial charge in [-0.25, -0.2) is 0 Å². The number of hydrogen-bond acceptors (Lipinski definition) is 3. The summed E-state index contributed by atoms with van der Waals surface area (Å²) in [6.07, 6.45) is 0. The zero-order valence-corrected chi connectivity index (χ0v) is 14.6. The van der Waals surface area contributed by atoms with Crippen LogP contribution in [0.1, 0.15) is 11.1 Å². The summed E-state index contributed by atoms with van der Waals surface area (Å²) in [5, 5.41) is 10.7. The van der Waals surface area contributed by atoms with E-state index in [0.717, 1.165) is 15.6 Å². The van der Waals surface area contributed by atoms with E-state index in [1.807, 2.05) is 18.2 Å². The lowest BCUT2D eigenvalue weighted by atomic mass is 10.2. The van der Waals surface area contributed by atoms with Crippen molar-refractivity contribution >= 4 is 49.1 Å². The van der Waals surface area contributed by atoms with Gasteiger partial charge in [0.1, 0.15) is 12.4 Å². The second kappa shape index (κ2) is 7.24. The number of rotatable bonds is 5. The van der Waals surface area contributed by atoms with E-state index in [1.54, 1.807) is 6.07 Å². The molecule has 0 aliphatic carbocycles. The maximum absolute atomic E-state index is 10.7. The molecule has 0 N–H and O–H groups in total. The van der Waals surface area contributed by atoms with Crippen molar-refractivity contribution in [2.75, 3.05) is 0 Å². The van der Waals surface area contributed by atoms with Crippen LogP contribution in [0.3, 0.4) is 0 Å². The fraction of sp³-hybridized carbons (Fsp3) is 0.143. The van der Waals surface area contributed by atoms with E-state index in [-0.39, 0.29) is 5.69 Å². The highest BCUT2D eigenvalue weighted by Crippen LogP contribution is 2.27. The Labute approximate surface area is 143 Å². The van der Waals surface area contributed by atoms with E-state index < -0.39 is 4.92 Å². The molecule has 0 saturated carbocycles. The first-order chi connectivity index (χ1) is 10.0. The standard InChI is InChI=1S/C14H10Br2ClNO3/c15-13-4-3-12(5-10(13)7-17)21-8-9-1-2-11(18(19)20)6-14(9)16/h1-6H,7-8H2. The van der Waals surface area contributed by atoms with Gasteiger partial charge in [0.25, 0.3) is 5.69 Å². The number of alkyl halides is 1. The van der Waals surface area contributed by atoms with Crippen molar-refractivity contribution in [3.63, 3.8) is 0 Å². The molecule has 0 aromatic heterocycles. The Balaban J connectivity index is 2.11. The number of non-ortho nitro benzene ring substituents is 1. The van der Waals surface area contributed by atoms with E-state index in [1.165, 1.54) is 12.1 Å². The lowest BCUT2D eigenvalue weighted by Crippen LogP contribution is -1.98. The minimum atomic E-state index is -0.434. The topological polar surface area (TPSA) is 52.4 Å². The number of nitro groups is 1. The highest BCUT2D eigenvalue weighted by Gasteiger charge is 2.10. The molecule has 0 amide bonds. The largest absolute Gasteiger partial charge is 0.489 e. The Morgan fingerprint density at radius 1 is 1.10 bits per heavy atom. The van der Waals surface area contributed by atoms with Gasteiger partial charge in [-0.05, 0) is 29.8 Å². The second-order valence-corrected chi connectivity index (χ2v) is 6.18. The molecule has 0 heterocycles. The first-order valence-electron chi connectivity index (χ1n) is 5.91. The first kappa shape index (κ1) is 16.3. The van der Waals surface area contributed by atoms with Crippen molar-refractivity contribution in [1.29, 1.82) is 0 Å². The molecule has 2 aromatic rings. The SMILES string of the molecule is O=[N+]([O-])c1ccc(COc2ccc(Br)c(CCl)c2)c(Br)c1. The van der Waals surface area contributed by atoms with Gasteiger partial charge in [-0.1, -0.05) is 31.9 Å². The van der Waals surface area contributed by atoms with Gasteiger partial charge < -0.3 is 4.74 Å². The molecule has 2 aromatic carbocycles. The number of ether oxygens (including phenoxy) is 1. The highest BCUT2D eigenvalue weighted by atomic mass is 79.9. The van der Waals surface area contributed by atoms with Crippen molar-refractivity contribution in [1.82, 2.24) is 0 Å². The van der Waals surface area contributed by atoms with Crippen LogP contribution < -0.4 is 4.74 Å². The van der Waals surface area contributed by atoms with E-state index in [9.17, 15) is 10.1 Å². The van der Waals surface area contributed by atoms with Crippen LogP contribution in [0.5, 0.6) is 5.75 Å². The van der Waals surface area contributed by atoms with Crippen molar-refractivity contribution in [2.24, 2.45) is 0 Å². The maximum Gasteiger partial charge on any atom is 0.270 e. The van der Waals surface area contributed by atoms with Crippen molar-refractivity contribution < 1.29 is 9.66 Å². The molecule has 0 spiro atoms. The van der Waals surface area contributed by atoms with Crippen LogP contribution in [-0.2, 0) is 12.5 Å². The van der Waals surface area contributed by atoms with Crippen LogP contribution in [0.2, 0.25) is 0 Å². The number of nitrogens with zero attached hydrogens (tertiary/aromatic N) is 1. The zero-order valence-electron chi connectivity index (χ0n) is 10.7. The van der Waals surface area contributed by atoms with Crippen molar-refractivity contribution in [3.8, 4) is 5.75 Å².